The molecule has 0 fully saturated rings. The van der Waals surface area contributed by atoms with E-state index in [9.17, 15) is 0 Å². The van der Waals surface area contributed by atoms with Gasteiger partial charge in [-0.05, 0) is 31.2 Å². The van der Waals surface area contributed by atoms with Gasteiger partial charge in [-0.2, -0.15) is 4.98 Å². The predicted octanol–water partition coefficient (Wildman–Crippen LogP) is 2.60. The van der Waals surface area contributed by atoms with Crippen LogP contribution in [-0.2, 0) is 12.8 Å². The van der Waals surface area contributed by atoms with Gasteiger partial charge in [-0.1, -0.05) is 36.8 Å². The Balaban J connectivity index is 1.69. The fourth-order valence-corrected chi connectivity index (χ4v) is 2.09. The van der Waals surface area contributed by atoms with Gasteiger partial charge in [0.15, 0.2) is 0 Å². The first-order valence-electron chi connectivity index (χ1n) is 6.66. The van der Waals surface area contributed by atoms with Gasteiger partial charge in [-0.15, -0.1) is 0 Å². The van der Waals surface area contributed by atoms with E-state index in [1.165, 1.54) is 18.4 Å². The van der Waals surface area contributed by atoms with Crippen molar-refractivity contribution in [3.63, 3.8) is 0 Å². The summed E-state index contributed by atoms with van der Waals surface area (Å²) in [7, 11) is 0. The van der Waals surface area contributed by atoms with Crippen molar-refractivity contribution in [2.75, 3.05) is 11.5 Å². The molecule has 1 aromatic heterocycles. The van der Waals surface area contributed by atoms with E-state index >= 15 is 0 Å². The number of aromatic nitrogens is 2. The van der Waals surface area contributed by atoms with Crippen LogP contribution in [0.25, 0.3) is 0 Å². The molecule has 2 aromatic rings. The molecule has 4 nitrogen and oxygen atoms in total. The second kappa shape index (κ2) is 6.73. The first-order valence-corrected chi connectivity index (χ1v) is 6.66. The molecule has 0 aliphatic heterocycles. The number of benzene rings is 1. The highest BCUT2D eigenvalue weighted by Gasteiger charge is 2.02. The van der Waals surface area contributed by atoms with Crippen LogP contribution in [0.5, 0.6) is 0 Å². The third-order valence-electron chi connectivity index (χ3n) is 3.17. The minimum atomic E-state index is 0.241. The Morgan fingerprint density at radius 2 is 1.63 bits per heavy atom. The third-order valence-corrected chi connectivity index (χ3v) is 3.17. The standard InChI is InChI=1S/C15H20N4/c16-14-13(11-18-15(17)19-14)10-6-2-5-9-12-7-3-1-4-8-12/h1,3-4,7-8,11H,2,5-6,9-10H2,(H4,16,17,18,19). The smallest absolute Gasteiger partial charge is 0.221 e. The molecular formula is C15H20N4. The Labute approximate surface area is 113 Å². The van der Waals surface area contributed by atoms with Crippen molar-refractivity contribution in [2.45, 2.75) is 32.1 Å². The first kappa shape index (κ1) is 13.3. The van der Waals surface area contributed by atoms with Gasteiger partial charge >= 0.3 is 0 Å². The molecule has 0 radical (unpaired) electrons. The van der Waals surface area contributed by atoms with Gasteiger partial charge in [0.2, 0.25) is 5.95 Å². The summed E-state index contributed by atoms with van der Waals surface area (Å²) in [5, 5.41) is 0. The van der Waals surface area contributed by atoms with Crippen LogP contribution in [0.1, 0.15) is 30.4 Å². The first-order chi connectivity index (χ1) is 9.25. The number of rotatable bonds is 6. The van der Waals surface area contributed by atoms with Crippen molar-refractivity contribution in [1.82, 2.24) is 9.97 Å². The number of hydrogen-bond donors (Lipinski definition) is 2. The van der Waals surface area contributed by atoms with Crippen molar-refractivity contribution in [2.24, 2.45) is 0 Å². The number of anilines is 2. The molecule has 0 bridgehead atoms. The molecule has 0 aliphatic rings. The lowest BCUT2D eigenvalue weighted by Gasteiger charge is -2.05. The van der Waals surface area contributed by atoms with E-state index in [2.05, 4.69) is 34.2 Å². The lowest BCUT2D eigenvalue weighted by atomic mass is 10.0. The van der Waals surface area contributed by atoms with Gasteiger partial charge in [0.1, 0.15) is 5.82 Å². The molecule has 1 heterocycles. The van der Waals surface area contributed by atoms with Gasteiger partial charge in [-0.25, -0.2) is 4.98 Å². The van der Waals surface area contributed by atoms with Crippen LogP contribution < -0.4 is 11.5 Å². The molecule has 0 amide bonds. The highest BCUT2D eigenvalue weighted by Crippen LogP contribution is 2.13. The molecule has 2 rings (SSSR count). The van der Waals surface area contributed by atoms with E-state index in [1.807, 2.05) is 6.07 Å². The molecule has 0 unspecified atom stereocenters. The molecule has 0 saturated heterocycles. The van der Waals surface area contributed by atoms with Crippen molar-refractivity contribution in [3.8, 4) is 0 Å². The Kier molecular flexibility index (Phi) is 4.72. The van der Waals surface area contributed by atoms with Gasteiger partial charge < -0.3 is 11.5 Å². The predicted molar refractivity (Wildman–Crippen MR) is 78.6 cm³/mol. The molecule has 19 heavy (non-hydrogen) atoms. The van der Waals surface area contributed by atoms with Crippen molar-refractivity contribution < 1.29 is 0 Å². The maximum absolute atomic E-state index is 5.80. The average Bonchev–Trinajstić information content (AvgIpc) is 2.42. The Bertz CT molecular complexity index is 511. The lowest BCUT2D eigenvalue weighted by molar-refractivity contribution is 0.677. The monoisotopic (exact) mass is 256 g/mol. The van der Waals surface area contributed by atoms with Crippen LogP contribution >= 0.6 is 0 Å². The summed E-state index contributed by atoms with van der Waals surface area (Å²) in [5.74, 6) is 0.751. The summed E-state index contributed by atoms with van der Waals surface area (Å²) in [6, 6.07) is 10.6. The lowest BCUT2D eigenvalue weighted by Crippen LogP contribution is -2.03. The summed E-state index contributed by atoms with van der Waals surface area (Å²) in [4.78, 5) is 7.94. The van der Waals surface area contributed by atoms with Crippen LogP contribution in [0.3, 0.4) is 0 Å². The van der Waals surface area contributed by atoms with E-state index in [1.54, 1.807) is 6.20 Å². The van der Waals surface area contributed by atoms with E-state index in [0.717, 1.165) is 24.8 Å². The van der Waals surface area contributed by atoms with E-state index < -0.39 is 0 Å². The number of nitrogens with zero attached hydrogens (tertiary/aromatic N) is 2. The number of aryl methyl sites for hydroxylation is 2. The van der Waals surface area contributed by atoms with Crippen LogP contribution in [-0.4, -0.2) is 9.97 Å². The van der Waals surface area contributed by atoms with E-state index in [-0.39, 0.29) is 5.95 Å². The minimum absolute atomic E-state index is 0.241. The molecule has 0 spiro atoms. The van der Waals surface area contributed by atoms with Crippen LogP contribution in [0.4, 0.5) is 11.8 Å². The van der Waals surface area contributed by atoms with Gasteiger partial charge in [0, 0.05) is 11.8 Å². The maximum Gasteiger partial charge on any atom is 0.221 e. The molecule has 4 N–H and O–H groups in total. The highest BCUT2D eigenvalue weighted by molar-refractivity contribution is 5.41. The Morgan fingerprint density at radius 3 is 2.37 bits per heavy atom. The second-order valence-electron chi connectivity index (χ2n) is 4.68. The summed E-state index contributed by atoms with van der Waals surface area (Å²) >= 11 is 0. The van der Waals surface area contributed by atoms with E-state index in [0.29, 0.717) is 5.82 Å². The van der Waals surface area contributed by atoms with Gasteiger partial charge in [-0.3, -0.25) is 0 Å². The zero-order valence-corrected chi connectivity index (χ0v) is 11.0. The summed E-state index contributed by atoms with van der Waals surface area (Å²) < 4.78 is 0. The van der Waals surface area contributed by atoms with Crippen LogP contribution in [0, 0.1) is 0 Å². The molecule has 100 valence electrons. The summed E-state index contributed by atoms with van der Waals surface area (Å²) in [6.45, 7) is 0. The minimum Gasteiger partial charge on any atom is -0.383 e. The van der Waals surface area contributed by atoms with E-state index in [4.69, 9.17) is 11.5 Å². The van der Waals surface area contributed by atoms with Crippen molar-refractivity contribution in [3.05, 3.63) is 47.7 Å². The molecule has 0 atom stereocenters. The fraction of sp³-hybridized carbons (Fsp3) is 0.333. The SMILES string of the molecule is Nc1ncc(CCCCCc2ccccc2)c(N)n1. The zero-order chi connectivity index (χ0) is 13.5. The normalized spacial score (nSPS) is 10.5. The Morgan fingerprint density at radius 1 is 0.895 bits per heavy atom. The van der Waals surface area contributed by atoms with Crippen LogP contribution in [0.2, 0.25) is 0 Å². The number of nitrogen functional groups attached to an aromatic ring is 2. The molecule has 0 aliphatic carbocycles. The summed E-state index contributed by atoms with van der Waals surface area (Å²) in [6.07, 6.45) is 7.26. The second-order valence-corrected chi connectivity index (χ2v) is 4.68. The molecule has 1 aromatic carbocycles. The van der Waals surface area contributed by atoms with Crippen molar-refractivity contribution >= 4 is 11.8 Å². The molecule has 0 saturated carbocycles. The number of unbranched alkanes of at least 4 members (excludes halogenated alkanes) is 2. The average molecular weight is 256 g/mol. The quantitative estimate of drug-likeness (QED) is 0.779. The zero-order valence-electron chi connectivity index (χ0n) is 11.0. The number of hydrogen-bond acceptors (Lipinski definition) is 4. The van der Waals surface area contributed by atoms with Gasteiger partial charge in [0.25, 0.3) is 0 Å². The van der Waals surface area contributed by atoms with Crippen LogP contribution in [0.15, 0.2) is 36.5 Å². The highest BCUT2D eigenvalue weighted by atomic mass is 15.0. The molecular weight excluding hydrogens is 236 g/mol. The van der Waals surface area contributed by atoms with Gasteiger partial charge in [0.05, 0.1) is 0 Å². The van der Waals surface area contributed by atoms with Crippen molar-refractivity contribution in [1.29, 1.82) is 0 Å². The number of nitrogens with two attached hydrogens (primary N) is 2. The topological polar surface area (TPSA) is 77.8 Å². The third kappa shape index (κ3) is 4.25. The maximum atomic E-state index is 5.80. The largest absolute Gasteiger partial charge is 0.383 e. The molecule has 4 heteroatoms. The summed E-state index contributed by atoms with van der Waals surface area (Å²) in [5.41, 5.74) is 13.7. The Hall–Kier alpha value is -2.10. The fourth-order valence-electron chi connectivity index (χ4n) is 2.09.